The van der Waals surface area contributed by atoms with E-state index in [2.05, 4.69) is 4.74 Å². The van der Waals surface area contributed by atoms with Crippen LogP contribution in [0.4, 0.5) is 8.78 Å². The van der Waals surface area contributed by atoms with Gasteiger partial charge in [-0.15, -0.1) is 0 Å². The number of halogens is 2. The molecule has 6 nitrogen and oxygen atoms in total. The molecule has 0 spiro atoms. The van der Waals surface area contributed by atoms with Crippen molar-refractivity contribution in [1.82, 2.24) is 4.90 Å². The Balaban J connectivity index is 1.80. The van der Waals surface area contributed by atoms with Gasteiger partial charge in [-0.2, -0.15) is 8.78 Å². The number of ether oxygens (including phenoxy) is 4. The highest BCUT2D eigenvalue weighted by molar-refractivity contribution is 5.91. The molecule has 3 rings (SSSR count). The summed E-state index contributed by atoms with van der Waals surface area (Å²) in [4.78, 5) is 13.7. The molecule has 2 aliphatic rings. The zero-order chi connectivity index (χ0) is 17.1. The van der Waals surface area contributed by atoms with Crippen molar-refractivity contribution in [2.24, 2.45) is 0 Å². The van der Waals surface area contributed by atoms with E-state index in [9.17, 15) is 13.6 Å². The Morgan fingerprint density at radius 3 is 2.71 bits per heavy atom. The van der Waals surface area contributed by atoms with E-state index in [0.29, 0.717) is 23.7 Å². The lowest BCUT2D eigenvalue weighted by Gasteiger charge is -2.22. The van der Waals surface area contributed by atoms with Gasteiger partial charge in [0.15, 0.2) is 17.3 Å². The minimum atomic E-state index is -2.98. The van der Waals surface area contributed by atoms with Crippen LogP contribution >= 0.6 is 0 Å². The minimum Gasteiger partial charge on any atom is -0.488 e. The van der Waals surface area contributed by atoms with Crippen molar-refractivity contribution >= 4 is 5.91 Å². The van der Waals surface area contributed by atoms with Crippen LogP contribution in [0.3, 0.4) is 0 Å². The first-order valence-electron chi connectivity index (χ1n) is 7.50. The quantitative estimate of drug-likeness (QED) is 0.824. The van der Waals surface area contributed by atoms with E-state index in [1.54, 1.807) is 19.2 Å². The maximum atomic E-state index is 12.6. The standard InChI is InChI=1S/C16H17F2NO5/c1-19(15(20)11-4-2-3-5-21-11)8-10-6-13-14(23-9-22-13)7-12(10)24-16(17)18/h4,6-7,16H,2-3,5,8-9H2,1H3. The first kappa shape index (κ1) is 16.4. The molecule has 0 saturated heterocycles. The van der Waals surface area contributed by atoms with Crippen LogP contribution in [0, 0.1) is 0 Å². The summed E-state index contributed by atoms with van der Waals surface area (Å²) in [5, 5.41) is 0. The summed E-state index contributed by atoms with van der Waals surface area (Å²) >= 11 is 0. The van der Waals surface area contributed by atoms with E-state index in [0.717, 1.165) is 12.8 Å². The molecule has 0 N–H and O–H groups in total. The minimum absolute atomic E-state index is 0.0163. The first-order valence-corrected chi connectivity index (χ1v) is 7.50. The van der Waals surface area contributed by atoms with E-state index >= 15 is 0 Å². The fraction of sp³-hybridized carbons (Fsp3) is 0.438. The highest BCUT2D eigenvalue weighted by Crippen LogP contribution is 2.39. The van der Waals surface area contributed by atoms with Gasteiger partial charge in [-0.05, 0) is 25.0 Å². The second kappa shape index (κ2) is 6.94. The molecule has 0 atom stereocenters. The summed E-state index contributed by atoms with van der Waals surface area (Å²) < 4.78 is 45.6. The molecule has 2 heterocycles. The Morgan fingerprint density at radius 1 is 1.29 bits per heavy atom. The number of hydrogen-bond donors (Lipinski definition) is 0. The van der Waals surface area contributed by atoms with Gasteiger partial charge in [0.05, 0.1) is 6.61 Å². The molecule has 0 saturated carbocycles. The van der Waals surface area contributed by atoms with E-state index in [1.807, 2.05) is 0 Å². The van der Waals surface area contributed by atoms with E-state index in [1.165, 1.54) is 11.0 Å². The smallest absolute Gasteiger partial charge is 0.387 e. The van der Waals surface area contributed by atoms with Crippen LogP contribution in [-0.4, -0.2) is 37.9 Å². The molecule has 0 aliphatic carbocycles. The molecule has 130 valence electrons. The molecular formula is C16H17F2NO5. The number of nitrogens with zero attached hydrogens (tertiary/aromatic N) is 1. The fourth-order valence-corrected chi connectivity index (χ4v) is 2.52. The Kier molecular flexibility index (Phi) is 4.73. The average molecular weight is 341 g/mol. The zero-order valence-corrected chi connectivity index (χ0v) is 13.1. The Morgan fingerprint density at radius 2 is 2.04 bits per heavy atom. The number of hydrogen-bond acceptors (Lipinski definition) is 5. The van der Waals surface area contributed by atoms with Crippen LogP contribution in [-0.2, 0) is 16.1 Å². The van der Waals surface area contributed by atoms with Crippen LogP contribution in [0.25, 0.3) is 0 Å². The summed E-state index contributed by atoms with van der Waals surface area (Å²) in [7, 11) is 1.57. The molecule has 1 amide bonds. The van der Waals surface area contributed by atoms with Crippen LogP contribution in [0.15, 0.2) is 24.0 Å². The summed E-state index contributed by atoms with van der Waals surface area (Å²) in [6.45, 7) is -2.40. The third-order valence-electron chi connectivity index (χ3n) is 3.67. The number of alkyl halides is 2. The predicted molar refractivity (Wildman–Crippen MR) is 78.9 cm³/mol. The van der Waals surface area contributed by atoms with E-state index in [-0.39, 0.29) is 30.8 Å². The van der Waals surface area contributed by atoms with Gasteiger partial charge in [0.25, 0.3) is 5.91 Å². The Bertz CT molecular complexity index is 662. The third kappa shape index (κ3) is 3.52. The molecule has 1 aromatic carbocycles. The van der Waals surface area contributed by atoms with Gasteiger partial charge in [-0.1, -0.05) is 0 Å². The van der Waals surface area contributed by atoms with Crippen molar-refractivity contribution in [3.63, 3.8) is 0 Å². The summed E-state index contributed by atoms with van der Waals surface area (Å²) in [5.74, 6) is 0.686. The Labute approximate surface area is 137 Å². The van der Waals surface area contributed by atoms with Crippen molar-refractivity contribution in [2.75, 3.05) is 20.4 Å². The van der Waals surface area contributed by atoms with Crippen LogP contribution < -0.4 is 14.2 Å². The molecule has 24 heavy (non-hydrogen) atoms. The largest absolute Gasteiger partial charge is 0.488 e. The van der Waals surface area contributed by atoms with E-state index < -0.39 is 6.61 Å². The van der Waals surface area contributed by atoms with Gasteiger partial charge in [-0.25, -0.2) is 0 Å². The zero-order valence-electron chi connectivity index (χ0n) is 13.1. The highest BCUT2D eigenvalue weighted by atomic mass is 19.3. The topological polar surface area (TPSA) is 57.2 Å². The molecule has 0 bridgehead atoms. The number of benzene rings is 1. The van der Waals surface area contributed by atoms with Crippen LogP contribution in [0.1, 0.15) is 18.4 Å². The number of fused-ring (bicyclic) bond motifs is 1. The number of carbonyl (C=O) groups is 1. The van der Waals surface area contributed by atoms with Crippen molar-refractivity contribution in [2.45, 2.75) is 26.0 Å². The molecule has 0 aromatic heterocycles. The lowest BCUT2D eigenvalue weighted by molar-refractivity contribution is -0.130. The average Bonchev–Trinajstić information content (AvgIpc) is 3.01. The van der Waals surface area contributed by atoms with Gasteiger partial charge < -0.3 is 23.8 Å². The summed E-state index contributed by atoms with van der Waals surface area (Å²) in [5.41, 5.74) is 0.395. The predicted octanol–water partition coefficient (Wildman–Crippen LogP) is 2.67. The van der Waals surface area contributed by atoms with Crippen molar-refractivity contribution in [3.8, 4) is 17.2 Å². The van der Waals surface area contributed by atoms with Crippen LogP contribution in [0.2, 0.25) is 0 Å². The maximum Gasteiger partial charge on any atom is 0.387 e. The molecule has 0 unspecified atom stereocenters. The SMILES string of the molecule is CN(Cc1cc2c(cc1OC(F)F)OCO2)C(=O)C1=CCCCO1. The highest BCUT2D eigenvalue weighted by Gasteiger charge is 2.23. The van der Waals surface area contributed by atoms with Crippen LogP contribution in [0.5, 0.6) is 17.2 Å². The number of allylic oxidation sites excluding steroid dienone is 1. The number of carbonyl (C=O) groups excluding carboxylic acids is 1. The molecule has 0 fully saturated rings. The molecular weight excluding hydrogens is 324 g/mol. The summed E-state index contributed by atoms with van der Waals surface area (Å²) in [6.07, 6.45) is 3.38. The fourth-order valence-electron chi connectivity index (χ4n) is 2.52. The lowest BCUT2D eigenvalue weighted by atomic mass is 10.1. The van der Waals surface area contributed by atoms with Gasteiger partial charge in [0.1, 0.15) is 5.75 Å². The number of rotatable bonds is 5. The van der Waals surface area contributed by atoms with Crippen molar-refractivity contribution in [3.05, 3.63) is 29.5 Å². The van der Waals surface area contributed by atoms with Gasteiger partial charge in [0.2, 0.25) is 6.79 Å². The van der Waals surface area contributed by atoms with Gasteiger partial charge in [0, 0.05) is 25.2 Å². The number of amides is 1. The first-order chi connectivity index (χ1) is 11.5. The second-order valence-corrected chi connectivity index (χ2v) is 5.41. The van der Waals surface area contributed by atoms with Crippen molar-refractivity contribution < 1.29 is 32.5 Å². The third-order valence-corrected chi connectivity index (χ3v) is 3.67. The van der Waals surface area contributed by atoms with Gasteiger partial charge >= 0.3 is 6.61 Å². The summed E-state index contributed by atoms with van der Waals surface area (Å²) in [6, 6.07) is 2.89. The lowest BCUT2D eigenvalue weighted by Crippen LogP contribution is -2.29. The molecule has 0 radical (unpaired) electrons. The molecule has 2 aliphatic heterocycles. The maximum absolute atomic E-state index is 12.6. The monoisotopic (exact) mass is 341 g/mol. The second-order valence-electron chi connectivity index (χ2n) is 5.41. The normalized spacial score (nSPS) is 15.8. The number of likely N-dealkylation sites (N-methyl/N-ethyl adjacent to an activating group) is 1. The van der Waals surface area contributed by atoms with E-state index in [4.69, 9.17) is 14.2 Å². The van der Waals surface area contributed by atoms with Crippen molar-refractivity contribution in [1.29, 1.82) is 0 Å². The molecule has 1 aromatic rings. The molecule has 8 heteroatoms. The van der Waals surface area contributed by atoms with Gasteiger partial charge in [-0.3, -0.25) is 4.79 Å². The Hall–Kier alpha value is -2.51.